The molecule has 0 aliphatic heterocycles. The lowest BCUT2D eigenvalue weighted by molar-refractivity contribution is 0.0954. The van der Waals surface area contributed by atoms with Crippen LogP contribution in [0.1, 0.15) is 44.0 Å². The Labute approximate surface area is 128 Å². The molecule has 0 aromatic heterocycles. The molecule has 0 bridgehead atoms. The number of carbonyl (C=O) groups is 1. The van der Waals surface area contributed by atoms with E-state index in [4.69, 9.17) is 0 Å². The summed E-state index contributed by atoms with van der Waals surface area (Å²) in [6.45, 7) is 6.54. The van der Waals surface area contributed by atoms with Crippen LogP contribution < -0.4 is 5.43 Å². The molecule has 0 heterocycles. The summed E-state index contributed by atoms with van der Waals surface area (Å²) in [7, 11) is 0. The third kappa shape index (κ3) is 4.04. The van der Waals surface area contributed by atoms with Crippen LogP contribution in [0.4, 0.5) is 0 Å². The van der Waals surface area contributed by atoms with Crippen LogP contribution in [0, 0.1) is 5.41 Å². The smallest absolute Gasteiger partial charge is 0.267 e. The van der Waals surface area contributed by atoms with Crippen LogP contribution in [0.2, 0.25) is 0 Å². The first-order chi connectivity index (χ1) is 9.35. The maximum absolute atomic E-state index is 12.0. The molecule has 106 valence electrons. The number of rotatable bonds is 2. The number of hydrogen-bond acceptors (Lipinski definition) is 2. The summed E-state index contributed by atoms with van der Waals surface area (Å²) in [6, 6.07) is 7.22. The maximum atomic E-state index is 12.0. The number of allylic oxidation sites excluding steroid dienone is 2. The van der Waals surface area contributed by atoms with Gasteiger partial charge in [0.2, 0.25) is 0 Å². The van der Waals surface area contributed by atoms with Gasteiger partial charge >= 0.3 is 0 Å². The second-order valence-corrected chi connectivity index (χ2v) is 6.98. The molecule has 1 aliphatic carbocycles. The summed E-state index contributed by atoms with van der Waals surface area (Å²) >= 11 is 3.35. The van der Waals surface area contributed by atoms with Gasteiger partial charge in [0.1, 0.15) is 0 Å². The molecule has 1 aromatic rings. The van der Waals surface area contributed by atoms with Gasteiger partial charge in [-0.2, -0.15) is 5.10 Å². The molecule has 3 nitrogen and oxygen atoms in total. The largest absolute Gasteiger partial charge is 0.271 e. The summed E-state index contributed by atoms with van der Waals surface area (Å²) in [5, 5.41) is 4.26. The highest BCUT2D eigenvalue weighted by Crippen LogP contribution is 2.33. The zero-order valence-electron chi connectivity index (χ0n) is 12.0. The minimum absolute atomic E-state index is 0.181. The highest BCUT2D eigenvalue weighted by Gasteiger charge is 2.24. The second-order valence-electron chi connectivity index (χ2n) is 6.06. The van der Waals surface area contributed by atoms with Crippen LogP contribution in [-0.4, -0.2) is 11.6 Å². The van der Waals surface area contributed by atoms with Crippen LogP contribution in [-0.2, 0) is 0 Å². The maximum Gasteiger partial charge on any atom is 0.271 e. The lowest BCUT2D eigenvalue weighted by Gasteiger charge is -2.29. The Morgan fingerprint density at radius 1 is 1.25 bits per heavy atom. The standard InChI is InChI=1S/C16H19BrN2O/c1-11-8-14(10-16(2,3)9-11)18-19-15(20)12-4-6-13(17)7-5-12/h4-8H,9-10H2,1-3H3,(H,19,20)/b18-14-. The average Bonchev–Trinajstić information content (AvgIpc) is 2.34. The minimum atomic E-state index is -0.181. The highest BCUT2D eigenvalue weighted by atomic mass is 79.9. The lowest BCUT2D eigenvalue weighted by Crippen LogP contribution is -2.25. The summed E-state index contributed by atoms with van der Waals surface area (Å²) in [4.78, 5) is 12.0. The summed E-state index contributed by atoms with van der Waals surface area (Å²) in [5.74, 6) is -0.181. The van der Waals surface area contributed by atoms with E-state index in [-0.39, 0.29) is 11.3 Å². The number of halogens is 1. The van der Waals surface area contributed by atoms with Gasteiger partial charge in [0.25, 0.3) is 5.91 Å². The molecule has 0 atom stereocenters. The molecule has 0 radical (unpaired) electrons. The predicted octanol–water partition coefficient (Wildman–Crippen LogP) is 4.30. The van der Waals surface area contributed by atoms with Crippen LogP contribution in [0.3, 0.4) is 0 Å². The summed E-state index contributed by atoms with van der Waals surface area (Å²) in [6.07, 6.45) is 4.02. The Morgan fingerprint density at radius 3 is 2.50 bits per heavy atom. The minimum Gasteiger partial charge on any atom is -0.267 e. The molecule has 0 unspecified atom stereocenters. The van der Waals surface area contributed by atoms with E-state index in [0.717, 1.165) is 23.0 Å². The Balaban J connectivity index is 2.07. The monoisotopic (exact) mass is 334 g/mol. The van der Waals surface area contributed by atoms with E-state index < -0.39 is 0 Å². The Kier molecular flexibility index (Phi) is 4.43. The van der Waals surface area contributed by atoms with Crippen molar-refractivity contribution in [3.63, 3.8) is 0 Å². The number of carbonyl (C=O) groups excluding carboxylic acids is 1. The third-order valence-electron chi connectivity index (χ3n) is 3.24. The topological polar surface area (TPSA) is 41.5 Å². The zero-order valence-corrected chi connectivity index (χ0v) is 13.6. The first kappa shape index (κ1) is 15.0. The predicted molar refractivity (Wildman–Crippen MR) is 85.8 cm³/mol. The van der Waals surface area contributed by atoms with Crippen molar-refractivity contribution in [1.82, 2.24) is 5.43 Å². The van der Waals surface area contributed by atoms with E-state index in [2.05, 4.69) is 53.3 Å². The summed E-state index contributed by atoms with van der Waals surface area (Å²) in [5.41, 5.74) is 5.69. The second kappa shape index (κ2) is 5.92. The van der Waals surface area contributed by atoms with Crippen molar-refractivity contribution in [3.8, 4) is 0 Å². The molecule has 0 saturated carbocycles. The van der Waals surface area contributed by atoms with E-state index in [9.17, 15) is 4.79 Å². The van der Waals surface area contributed by atoms with Crippen LogP contribution in [0.5, 0.6) is 0 Å². The van der Waals surface area contributed by atoms with Crippen molar-refractivity contribution in [1.29, 1.82) is 0 Å². The van der Waals surface area contributed by atoms with Crippen molar-refractivity contribution in [2.24, 2.45) is 10.5 Å². The average molecular weight is 335 g/mol. The van der Waals surface area contributed by atoms with Crippen molar-refractivity contribution in [3.05, 3.63) is 46.0 Å². The van der Waals surface area contributed by atoms with E-state index in [1.165, 1.54) is 5.57 Å². The van der Waals surface area contributed by atoms with E-state index in [1.54, 1.807) is 12.1 Å². The van der Waals surface area contributed by atoms with Gasteiger partial charge in [-0.15, -0.1) is 0 Å². The first-order valence-corrected chi connectivity index (χ1v) is 7.45. The lowest BCUT2D eigenvalue weighted by atomic mass is 9.77. The van der Waals surface area contributed by atoms with Crippen molar-refractivity contribution >= 4 is 27.5 Å². The molecule has 1 aromatic carbocycles. The van der Waals surface area contributed by atoms with Gasteiger partial charge in [-0.05, 0) is 55.5 Å². The molecule has 2 rings (SSSR count). The summed E-state index contributed by atoms with van der Waals surface area (Å²) < 4.78 is 0.952. The van der Waals surface area contributed by atoms with Gasteiger partial charge in [0, 0.05) is 10.0 Å². The normalized spacial score (nSPS) is 19.6. The molecule has 0 fully saturated rings. The van der Waals surface area contributed by atoms with Gasteiger partial charge < -0.3 is 0 Å². The molecule has 0 saturated heterocycles. The molecule has 1 amide bonds. The van der Waals surface area contributed by atoms with E-state index >= 15 is 0 Å². The Bertz CT molecular complexity index is 571. The quantitative estimate of drug-likeness (QED) is 0.805. The third-order valence-corrected chi connectivity index (χ3v) is 3.77. The van der Waals surface area contributed by atoms with E-state index in [1.807, 2.05) is 12.1 Å². The fourth-order valence-electron chi connectivity index (χ4n) is 2.55. The van der Waals surface area contributed by atoms with Crippen LogP contribution >= 0.6 is 15.9 Å². The van der Waals surface area contributed by atoms with E-state index in [0.29, 0.717) is 5.56 Å². The fraction of sp³-hybridized carbons (Fsp3) is 0.375. The molecule has 4 heteroatoms. The number of hydrogen-bond donors (Lipinski definition) is 1. The zero-order chi connectivity index (χ0) is 14.8. The van der Waals surface area contributed by atoms with Gasteiger partial charge in [-0.1, -0.05) is 35.4 Å². The number of nitrogens with one attached hydrogen (secondary N) is 1. The van der Waals surface area contributed by atoms with Crippen molar-refractivity contribution in [2.45, 2.75) is 33.6 Å². The number of nitrogens with zero attached hydrogens (tertiary/aromatic N) is 1. The van der Waals surface area contributed by atoms with Crippen molar-refractivity contribution < 1.29 is 4.79 Å². The number of benzene rings is 1. The Hall–Kier alpha value is -1.42. The van der Waals surface area contributed by atoms with Gasteiger partial charge in [0.05, 0.1) is 5.71 Å². The fourth-order valence-corrected chi connectivity index (χ4v) is 2.82. The highest BCUT2D eigenvalue weighted by molar-refractivity contribution is 9.10. The van der Waals surface area contributed by atoms with Crippen LogP contribution in [0.15, 0.2) is 45.5 Å². The SMILES string of the molecule is CC1=C/C(=N/NC(=O)c2ccc(Br)cc2)CC(C)(C)C1. The molecule has 1 N–H and O–H groups in total. The molecular weight excluding hydrogens is 316 g/mol. The van der Waals surface area contributed by atoms with Gasteiger partial charge in [-0.3, -0.25) is 4.79 Å². The first-order valence-electron chi connectivity index (χ1n) is 6.65. The van der Waals surface area contributed by atoms with Crippen molar-refractivity contribution in [2.75, 3.05) is 0 Å². The molecular formula is C16H19BrN2O. The number of hydrazone groups is 1. The molecule has 20 heavy (non-hydrogen) atoms. The number of amides is 1. The van der Waals surface area contributed by atoms with Gasteiger partial charge in [-0.25, -0.2) is 5.43 Å². The Morgan fingerprint density at radius 2 is 1.90 bits per heavy atom. The van der Waals surface area contributed by atoms with Gasteiger partial charge in [0.15, 0.2) is 0 Å². The molecule has 0 spiro atoms. The molecule has 1 aliphatic rings. The van der Waals surface area contributed by atoms with Crippen LogP contribution in [0.25, 0.3) is 0 Å².